The molecule has 0 saturated heterocycles. The summed E-state index contributed by atoms with van der Waals surface area (Å²) in [7, 11) is 0. The summed E-state index contributed by atoms with van der Waals surface area (Å²) >= 11 is 0. The van der Waals surface area contributed by atoms with Crippen LogP contribution in [0.25, 0.3) is 65.3 Å². The molecule has 8 aromatic carbocycles. The summed E-state index contributed by atoms with van der Waals surface area (Å²) in [5, 5.41) is 8.68. The van der Waals surface area contributed by atoms with Crippen LogP contribution >= 0.6 is 0 Å². The molecule has 0 aliphatic rings. The average Bonchev–Trinajstić information content (AvgIpc) is 3.07. The molecule has 0 N–H and O–H groups in total. The van der Waals surface area contributed by atoms with Gasteiger partial charge in [0.1, 0.15) is 0 Å². The van der Waals surface area contributed by atoms with E-state index in [0.717, 1.165) is 87.6 Å². The maximum absolute atomic E-state index is 15.6. The van der Waals surface area contributed by atoms with Gasteiger partial charge < -0.3 is 0 Å². The Kier molecular flexibility index (Phi) is 6.13. The van der Waals surface area contributed by atoms with E-state index >= 15 is 4.79 Å². The van der Waals surface area contributed by atoms with Crippen molar-refractivity contribution in [3.63, 3.8) is 0 Å². The first kappa shape index (κ1) is 26.1. The predicted molar refractivity (Wildman–Crippen MR) is 187 cm³/mol. The van der Waals surface area contributed by atoms with Crippen molar-refractivity contribution in [3.8, 4) is 22.3 Å². The van der Waals surface area contributed by atoms with Gasteiger partial charge in [0.15, 0.2) is 5.78 Å². The second-order valence-electron chi connectivity index (χ2n) is 11.7. The number of carbonyl (C=O) groups excluding carboxylic acids is 1. The fraction of sp³-hybridized carbons (Fsp3) is 0.0465. The molecular formula is C43H30O. The third kappa shape index (κ3) is 4.05. The van der Waals surface area contributed by atoms with Crippen LogP contribution in [-0.4, -0.2) is 5.78 Å². The van der Waals surface area contributed by atoms with E-state index in [2.05, 4.69) is 135 Å². The van der Waals surface area contributed by atoms with Crippen LogP contribution in [0.4, 0.5) is 0 Å². The van der Waals surface area contributed by atoms with Crippen molar-refractivity contribution in [2.75, 3.05) is 0 Å². The highest BCUT2D eigenvalue weighted by molar-refractivity contribution is 6.28. The van der Waals surface area contributed by atoms with Gasteiger partial charge in [-0.15, -0.1) is 0 Å². The number of rotatable bonds is 4. The van der Waals surface area contributed by atoms with Crippen LogP contribution in [0.2, 0.25) is 0 Å². The smallest absolute Gasteiger partial charge is 0.195 e. The molecule has 8 aromatic rings. The molecule has 0 amide bonds. The van der Waals surface area contributed by atoms with Crippen LogP contribution in [0, 0.1) is 13.8 Å². The van der Waals surface area contributed by atoms with Crippen molar-refractivity contribution in [3.05, 3.63) is 168 Å². The van der Waals surface area contributed by atoms with Crippen LogP contribution in [0.5, 0.6) is 0 Å². The summed E-state index contributed by atoms with van der Waals surface area (Å²) in [6.07, 6.45) is 0. The van der Waals surface area contributed by atoms with E-state index in [-0.39, 0.29) is 5.78 Å². The highest BCUT2D eigenvalue weighted by Crippen LogP contribution is 2.42. The lowest BCUT2D eigenvalue weighted by molar-refractivity contribution is 0.104. The molecule has 208 valence electrons. The third-order valence-corrected chi connectivity index (χ3v) is 9.13. The minimum Gasteiger partial charge on any atom is -0.289 e. The number of aryl methyl sites for hydroxylation is 2. The van der Waals surface area contributed by atoms with Gasteiger partial charge in [-0.1, -0.05) is 146 Å². The molecule has 0 atom stereocenters. The van der Waals surface area contributed by atoms with Gasteiger partial charge in [-0.2, -0.15) is 0 Å². The lowest BCUT2D eigenvalue weighted by Crippen LogP contribution is -2.09. The molecular weight excluding hydrogens is 532 g/mol. The fourth-order valence-corrected chi connectivity index (χ4v) is 7.05. The zero-order chi connectivity index (χ0) is 29.8. The summed E-state index contributed by atoms with van der Waals surface area (Å²) in [6.45, 7) is 4.29. The number of benzene rings is 8. The van der Waals surface area contributed by atoms with Gasteiger partial charge in [0.2, 0.25) is 0 Å². The number of carbonyl (C=O) groups is 1. The van der Waals surface area contributed by atoms with E-state index in [9.17, 15) is 0 Å². The Morgan fingerprint density at radius 3 is 1.09 bits per heavy atom. The van der Waals surface area contributed by atoms with E-state index < -0.39 is 0 Å². The molecule has 1 heteroatoms. The van der Waals surface area contributed by atoms with Crippen LogP contribution in [0.3, 0.4) is 0 Å². The van der Waals surface area contributed by atoms with Crippen molar-refractivity contribution in [2.24, 2.45) is 0 Å². The van der Waals surface area contributed by atoms with Gasteiger partial charge in [-0.3, -0.25) is 4.79 Å². The number of hydrogen-bond acceptors (Lipinski definition) is 1. The van der Waals surface area contributed by atoms with Crippen molar-refractivity contribution in [1.29, 1.82) is 0 Å². The Hall–Kier alpha value is -5.53. The van der Waals surface area contributed by atoms with Crippen molar-refractivity contribution in [1.82, 2.24) is 0 Å². The van der Waals surface area contributed by atoms with Crippen LogP contribution < -0.4 is 0 Å². The van der Waals surface area contributed by atoms with E-state index in [1.807, 2.05) is 24.3 Å². The van der Waals surface area contributed by atoms with Gasteiger partial charge in [-0.05, 0) is 90.3 Å². The minimum absolute atomic E-state index is 0.0447. The highest BCUT2D eigenvalue weighted by atomic mass is 16.1. The lowest BCUT2D eigenvalue weighted by Gasteiger charge is -2.20. The van der Waals surface area contributed by atoms with Crippen molar-refractivity contribution < 1.29 is 4.79 Å². The fourth-order valence-electron chi connectivity index (χ4n) is 7.05. The summed E-state index contributed by atoms with van der Waals surface area (Å²) in [5.41, 5.74) is 7.96. The number of fused-ring (bicyclic) bond motifs is 4. The monoisotopic (exact) mass is 562 g/mol. The molecule has 0 saturated carbocycles. The SMILES string of the molecule is Cc1ccc2ccccc2c1-c1ccc2ccccc2c1C(=O)c1c(-c2c(C)ccc3ccccc23)ccc2ccccc12. The Bertz CT molecular complexity index is 2260. The van der Waals surface area contributed by atoms with Gasteiger partial charge in [0.25, 0.3) is 0 Å². The summed E-state index contributed by atoms with van der Waals surface area (Å²) in [5.74, 6) is 0.0447. The Labute approximate surface area is 257 Å². The van der Waals surface area contributed by atoms with E-state index in [1.54, 1.807) is 0 Å². The summed E-state index contributed by atoms with van der Waals surface area (Å²) in [4.78, 5) is 15.6. The second-order valence-corrected chi connectivity index (χ2v) is 11.7. The minimum atomic E-state index is 0.0447. The molecule has 0 bridgehead atoms. The van der Waals surface area contributed by atoms with Gasteiger partial charge in [0, 0.05) is 11.1 Å². The standard InChI is InChI=1S/C43H30O/c1-27-19-21-29-11-3-7-15-33(29)39(27)37-25-23-31-13-5-9-17-35(31)41(37)43(44)42-36-18-10-6-14-32(36)24-26-38(42)40-28(2)20-22-30-12-4-8-16-34(30)40/h3-26H,1-2H3. The lowest BCUT2D eigenvalue weighted by atomic mass is 9.81. The van der Waals surface area contributed by atoms with E-state index in [1.165, 1.54) is 0 Å². The maximum atomic E-state index is 15.6. The molecule has 0 aliphatic carbocycles. The Balaban J connectivity index is 1.51. The van der Waals surface area contributed by atoms with E-state index in [0.29, 0.717) is 0 Å². The predicted octanol–water partition coefficient (Wildman–Crippen LogP) is 11.5. The van der Waals surface area contributed by atoms with Crippen LogP contribution in [0.15, 0.2) is 146 Å². The first-order valence-corrected chi connectivity index (χ1v) is 15.2. The zero-order valence-electron chi connectivity index (χ0n) is 24.8. The van der Waals surface area contributed by atoms with Crippen molar-refractivity contribution in [2.45, 2.75) is 13.8 Å². The first-order chi connectivity index (χ1) is 21.6. The van der Waals surface area contributed by atoms with Crippen LogP contribution in [-0.2, 0) is 0 Å². The molecule has 0 unspecified atom stereocenters. The molecule has 0 fully saturated rings. The Morgan fingerprint density at radius 2 is 0.682 bits per heavy atom. The number of hydrogen-bond donors (Lipinski definition) is 0. The van der Waals surface area contributed by atoms with Gasteiger partial charge in [0.05, 0.1) is 0 Å². The quantitative estimate of drug-likeness (QED) is 0.195. The normalized spacial score (nSPS) is 11.5. The number of ketones is 1. The van der Waals surface area contributed by atoms with Crippen molar-refractivity contribution >= 4 is 48.9 Å². The molecule has 0 aromatic heterocycles. The second kappa shape index (κ2) is 10.3. The molecule has 0 spiro atoms. The maximum Gasteiger partial charge on any atom is 0.195 e. The zero-order valence-corrected chi connectivity index (χ0v) is 24.8. The first-order valence-electron chi connectivity index (χ1n) is 15.2. The topological polar surface area (TPSA) is 17.1 Å². The van der Waals surface area contributed by atoms with Gasteiger partial charge in [-0.25, -0.2) is 0 Å². The van der Waals surface area contributed by atoms with E-state index in [4.69, 9.17) is 0 Å². The van der Waals surface area contributed by atoms with Gasteiger partial charge >= 0.3 is 0 Å². The molecule has 1 nitrogen and oxygen atoms in total. The van der Waals surface area contributed by atoms with Crippen LogP contribution in [0.1, 0.15) is 27.0 Å². The molecule has 44 heavy (non-hydrogen) atoms. The largest absolute Gasteiger partial charge is 0.289 e. The molecule has 0 radical (unpaired) electrons. The molecule has 0 heterocycles. The average molecular weight is 563 g/mol. The highest BCUT2D eigenvalue weighted by Gasteiger charge is 2.26. The Morgan fingerprint density at radius 1 is 0.364 bits per heavy atom. The summed E-state index contributed by atoms with van der Waals surface area (Å²) < 4.78 is 0. The third-order valence-electron chi connectivity index (χ3n) is 9.13. The summed E-state index contributed by atoms with van der Waals surface area (Å²) in [6, 6.07) is 50.8. The molecule has 8 rings (SSSR count). The molecule has 0 aliphatic heterocycles.